The Kier molecular flexibility index (Phi) is 5.14. The van der Waals surface area contributed by atoms with Gasteiger partial charge < -0.3 is 10.4 Å². The van der Waals surface area contributed by atoms with Crippen molar-refractivity contribution in [1.82, 2.24) is 10.3 Å². The zero-order valence-electron chi connectivity index (χ0n) is 8.51. The zero-order chi connectivity index (χ0) is 11.1. The number of aliphatic hydroxyl groups excluding tert-OH is 1. The van der Waals surface area contributed by atoms with Crippen LogP contribution in [0.3, 0.4) is 0 Å². The van der Waals surface area contributed by atoms with E-state index < -0.39 is 0 Å². The van der Waals surface area contributed by atoms with Crippen LogP contribution < -0.4 is 5.32 Å². The van der Waals surface area contributed by atoms with Crippen molar-refractivity contribution in [3.8, 4) is 0 Å². The molecule has 82 valence electrons. The van der Waals surface area contributed by atoms with Crippen molar-refractivity contribution in [1.29, 1.82) is 0 Å². The number of thioether (sulfide) groups is 1. The van der Waals surface area contributed by atoms with Gasteiger partial charge in [0.1, 0.15) is 0 Å². The van der Waals surface area contributed by atoms with Gasteiger partial charge in [-0.25, -0.2) is 0 Å². The summed E-state index contributed by atoms with van der Waals surface area (Å²) in [6.07, 6.45) is 3.38. The van der Waals surface area contributed by atoms with Crippen LogP contribution in [0.4, 0.5) is 0 Å². The van der Waals surface area contributed by atoms with Crippen LogP contribution in [0.2, 0.25) is 0 Å². The highest BCUT2D eigenvalue weighted by atomic mass is 32.2. The molecule has 0 radical (unpaired) electrons. The molecule has 0 fully saturated rings. The SMILES string of the molecule is CC(CO)NC(=O)CSc1ccncc1. The number of carbonyl (C=O) groups excluding carboxylic acids is 1. The van der Waals surface area contributed by atoms with E-state index in [9.17, 15) is 4.79 Å². The minimum absolute atomic E-state index is 0.0360. The molecule has 0 saturated carbocycles. The van der Waals surface area contributed by atoms with E-state index in [2.05, 4.69) is 10.3 Å². The summed E-state index contributed by atoms with van der Waals surface area (Å²) in [6, 6.07) is 3.52. The molecule has 2 N–H and O–H groups in total. The quantitative estimate of drug-likeness (QED) is 0.724. The van der Waals surface area contributed by atoms with E-state index in [4.69, 9.17) is 5.11 Å². The van der Waals surface area contributed by atoms with Crippen molar-refractivity contribution >= 4 is 17.7 Å². The number of pyridine rings is 1. The van der Waals surface area contributed by atoms with E-state index >= 15 is 0 Å². The van der Waals surface area contributed by atoms with Crippen LogP contribution in [0.25, 0.3) is 0 Å². The summed E-state index contributed by atoms with van der Waals surface area (Å²) < 4.78 is 0. The zero-order valence-corrected chi connectivity index (χ0v) is 9.33. The summed E-state index contributed by atoms with van der Waals surface area (Å²) in [5, 5.41) is 11.4. The smallest absolute Gasteiger partial charge is 0.230 e. The summed E-state index contributed by atoms with van der Waals surface area (Å²) in [5.74, 6) is 0.285. The molecule has 1 rings (SSSR count). The molecule has 1 unspecified atom stereocenters. The molecule has 1 aromatic heterocycles. The number of carbonyl (C=O) groups is 1. The lowest BCUT2D eigenvalue weighted by molar-refractivity contribution is -0.119. The Balaban J connectivity index is 2.29. The molecule has 0 aromatic carbocycles. The van der Waals surface area contributed by atoms with Crippen LogP contribution in [-0.2, 0) is 4.79 Å². The van der Waals surface area contributed by atoms with Crippen LogP contribution in [0.15, 0.2) is 29.4 Å². The van der Waals surface area contributed by atoms with Crippen LogP contribution >= 0.6 is 11.8 Å². The highest BCUT2D eigenvalue weighted by Crippen LogP contribution is 2.15. The standard InChI is InChI=1S/C10H14N2O2S/c1-8(6-13)12-10(14)7-15-9-2-4-11-5-3-9/h2-5,8,13H,6-7H2,1H3,(H,12,14). The second kappa shape index (κ2) is 6.42. The number of aliphatic hydroxyl groups is 1. The normalized spacial score (nSPS) is 12.1. The first-order valence-corrected chi connectivity index (χ1v) is 5.64. The predicted octanol–water partition coefficient (Wildman–Crippen LogP) is 0.671. The molecule has 4 nitrogen and oxygen atoms in total. The second-order valence-electron chi connectivity index (χ2n) is 3.12. The minimum atomic E-state index is -0.185. The van der Waals surface area contributed by atoms with Crippen LogP contribution in [0, 0.1) is 0 Å². The van der Waals surface area contributed by atoms with Crippen LogP contribution in [-0.4, -0.2) is 34.4 Å². The van der Waals surface area contributed by atoms with Crippen LogP contribution in [0.1, 0.15) is 6.92 Å². The molecule has 1 atom stereocenters. The topological polar surface area (TPSA) is 62.2 Å². The van der Waals surface area contributed by atoms with Gasteiger partial charge in [-0.1, -0.05) is 0 Å². The fourth-order valence-electron chi connectivity index (χ4n) is 0.945. The molecule has 0 saturated heterocycles. The van der Waals surface area contributed by atoms with Gasteiger partial charge in [-0.15, -0.1) is 11.8 Å². The fourth-order valence-corrected chi connectivity index (χ4v) is 1.64. The number of hydrogen-bond donors (Lipinski definition) is 2. The first-order valence-electron chi connectivity index (χ1n) is 4.65. The van der Waals surface area contributed by atoms with E-state index in [0.717, 1.165) is 4.90 Å². The van der Waals surface area contributed by atoms with Gasteiger partial charge in [0, 0.05) is 23.3 Å². The van der Waals surface area contributed by atoms with Crippen molar-refractivity contribution in [3.05, 3.63) is 24.5 Å². The Labute approximate surface area is 93.1 Å². The van der Waals surface area contributed by atoms with Crippen molar-refractivity contribution in [2.24, 2.45) is 0 Å². The Hall–Kier alpha value is -1.07. The van der Waals surface area contributed by atoms with E-state index in [1.165, 1.54) is 11.8 Å². The van der Waals surface area contributed by atoms with E-state index in [0.29, 0.717) is 5.75 Å². The van der Waals surface area contributed by atoms with Gasteiger partial charge in [-0.3, -0.25) is 9.78 Å². The number of nitrogens with one attached hydrogen (secondary N) is 1. The Morgan fingerprint density at radius 3 is 2.87 bits per heavy atom. The highest BCUT2D eigenvalue weighted by Gasteiger charge is 2.06. The molecule has 0 aliphatic heterocycles. The summed E-state index contributed by atoms with van der Waals surface area (Å²) in [5.41, 5.74) is 0. The maximum atomic E-state index is 11.3. The average Bonchev–Trinajstić information content (AvgIpc) is 2.27. The van der Waals surface area contributed by atoms with Crippen molar-refractivity contribution in [2.45, 2.75) is 17.9 Å². The molecule has 1 aromatic rings. The number of aromatic nitrogens is 1. The second-order valence-corrected chi connectivity index (χ2v) is 4.17. The minimum Gasteiger partial charge on any atom is -0.394 e. The first-order chi connectivity index (χ1) is 7.22. The molecule has 0 aliphatic carbocycles. The van der Waals surface area contributed by atoms with Gasteiger partial charge in [-0.05, 0) is 19.1 Å². The predicted molar refractivity (Wildman–Crippen MR) is 59.7 cm³/mol. The molecular formula is C10H14N2O2S. The van der Waals surface area contributed by atoms with Gasteiger partial charge in [0.25, 0.3) is 0 Å². The molecular weight excluding hydrogens is 212 g/mol. The monoisotopic (exact) mass is 226 g/mol. The number of rotatable bonds is 5. The summed E-state index contributed by atoms with van der Waals surface area (Å²) in [7, 11) is 0. The molecule has 1 heterocycles. The fraction of sp³-hybridized carbons (Fsp3) is 0.400. The Morgan fingerprint density at radius 1 is 1.60 bits per heavy atom. The molecule has 0 aliphatic rings. The third-order valence-electron chi connectivity index (χ3n) is 1.70. The third-order valence-corrected chi connectivity index (χ3v) is 2.71. The number of nitrogens with zero attached hydrogens (tertiary/aromatic N) is 1. The maximum absolute atomic E-state index is 11.3. The van der Waals surface area contributed by atoms with Crippen molar-refractivity contribution in [2.75, 3.05) is 12.4 Å². The molecule has 15 heavy (non-hydrogen) atoms. The molecule has 0 bridgehead atoms. The van der Waals surface area contributed by atoms with E-state index in [-0.39, 0.29) is 18.6 Å². The highest BCUT2D eigenvalue weighted by molar-refractivity contribution is 8.00. The molecule has 5 heteroatoms. The lowest BCUT2D eigenvalue weighted by atomic mass is 10.4. The third kappa shape index (κ3) is 4.80. The maximum Gasteiger partial charge on any atom is 0.230 e. The van der Waals surface area contributed by atoms with Crippen molar-refractivity contribution in [3.63, 3.8) is 0 Å². The van der Waals surface area contributed by atoms with E-state index in [1.54, 1.807) is 19.3 Å². The Bertz CT molecular complexity index is 306. The molecule has 1 amide bonds. The van der Waals surface area contributed by atoms with Crippen LogP contribution in [0.5, 0.6) is 0 Å². The average molecular weight is 226 g/mol. The summed E-state index contributed by atoms with van der Waals surface area (Å²) in [4.78, 5) is 16.2. The van der Waals surface area contributed by atoms with Gasteiger partial charge in [-0.2, -0.15) is 0 Å². The van der Waals surface area contributed by atoms with Gasteiger partial charge in [0.2, 0.25) is 5.91 Å². The largest absolute Gasteiger partial charge is 0.394 e. The molecule has 0 spiro atoms. The summed E-state index contributed by atoms with van der Waals surface area (Å²) >= 11 is 1.45. The number of amides is 1. The van der Waals surface area contributed by atoms with Gasteiger partial charge in [0.05, 0.1) is 12.4 Å². The van der Waals surface area contributed by atoms with E-state index in [1.807, 2.05) is 12.1 Å². The number of hydrogen-bond acceptors (Lipinski definition) is 4. The Morgan fingerprint density at radius 2 is 2.27 bits per heavy atom. The van der Waals surface area contributed by atoms with Gasteiger partial charge in [0.15, 0.2) is 0 Å². The first kappa shape index (κ1) is 12.0. The lowest BCUT2D eigenvalue weighted by Crippen LogP contribution is -2.36. The summed E-state index contributed by atoms with van der Waals surface area (Å²) in [6.45, 7) is 1.72. The van der Waals surface area contributed by atoms with Gasteiger partial charge >= 0.3 is 0 Å². The lowest BCUT2D eigenvalue weighted by Gasteiger charge is -2.10. The van der Waals surface area contributed by atoms with Crippen molar-refractivity contribution < 1.29 is 9.90 Å².